The van der Waals surface area contributed by atoms with Gasteiger partial charge in [-0.05, 0) is 77.0 Å². The molecular weight excluding hydrogens is 1110 g/mol. The second-order valence-electron chi connectivity index (χ2n) is 22.8. The van der Waals surface area contributed by atoms with Crippen molar-refractivity contribution in [1.29, 1.82) is 0 Å². The number of hydrogen-bond donors (Lipinski definition) is 12. The zero-order valence-corrected chi connectivity index (χ0v) is 51.7. The molecule has 0 bridgehead atoms. The largest absolute Gasteiger partial charge is 0.394 e. The van der Waals surface area contributed by atoms with E-state index in [1.807, 2.05) is 6.08 Å². The molecule has 17 unspecified atom stereocenters. The van der Waals surface area contributed by atoms with Crippen molar-refractivity contribution >= 4 is 5.91 Å². The van der Waals surface area contributed by atoms with E-state index in [0.717, 1.165) is 96.3 Å². The van der Waals surface area contributed by atoms with Crippen molar-refractivity contribution in [3.63, 3.8) is 0 Å². The van der Waals surface area contributed by atoms with Crippen molar-refractivity contribution in [2.45, 2.75) is 291 Å². The van der Waals surface area contributed by atoms with Gasteiger partial charge in [0.25, 0.3) is 0 Å². The number of unbranched alkanes of at least 4 members (excludes halogenated alkanes) is 17. The standard InChI is InChI=1S/C67H113NO18/c1-3-5-7-9-11-13-14-15-16-17-18-19-20-21-22-23-24-25-26-27-28-29-30-31-32-33-34-35-36-37-39-41-43-45-55(73)68-50(51(72)44-42-40-38-12-10-8-6-4-2)49-81-65-61(79)58(76)63(53(47-70)83-65)86-67-62(80)59(77)64(54(48-71)84-67)85-66-60(78)57(75)56(74)52(46-69)82-66/h5,7,10-13,15-16,18-19,21-22,24-25,42,44,50-54,56-67,69-72,74-80H,3-4,6,8-9,14,17,20,23,26-41,43,45-49H2,1-2H3,(H,68,73)/b7-5-,12-10+,13-11-,16-15-,19-18-,22-21-,25-24-,44-42+. The van der Waals surface area contributed by atoms with Gasteiger partial charge in [-0.3, -0.25) is 4.79 Å². The van der Waals surface area contributed by atoms with Crippen molar-refractivity contribution in [1.82, 2.24) is 5.32 Å². The highest BCUT2D eigenvalue weighted by Gasteiger charge is 2.53. The Balaban J connectivity index is 1.34. The number of nitrogens with one attached hydrogen (secondary N) is 1. The van der Waals surface area contributed by atoms with Crippen LogP contribution in [0.25, 0.3) is 0 Å². The fraction of sp³-hybridized carbons (Fsp3) is 0.746. The molecule has 0 aromatic carbocycles. The van der Waals surface area contributed by atoms with Gasteiger partial charge in [-0.25, -0.2) is 0 Å². The highest BCUT2D eigenvalue weighted by Crippen LogP contribution is 2.33. The van der Waals surface area contributed by atoms with E-state index in [9.17, 15) is 61.0 Å². The lowest BCUT2D eigenvalue weighted by molar-refractivity contribution is -0.379. The summed E-state index contributed by atoms with van der Waals surface area (Å²) in [7, 11) is 0. The molecule has 3 aliphatic heterocycles. The van der Waals surface area contributed by atoms with E-state index in [-0.39, 0.29) is 18.9 Å². The molecule has 86 heavy (non-hydrogen) atoms. The van der Waals surface area contributed by atoms with Gasteiger partial charge in [-0.2, -0.15) is 0 Å². The normalized spacial score (nSPS) is 29.4. The van der Waals surface area contributed by atoms with Crippen LogP contribution in [0.5, 0.6) is 0 Å². The lowest BCUT2D eigenvalue weighted by atomic mass is 9.96. The molecule has 0 aromatic heterocycles. The third kappa shape index (κ3) is 31.0. The number of amides is 1. The Morgan fingerprint density at radius 1 is 0.430 bits per heavy atom. The van der Waals surface area contributed by atoms with Gasteiger partial charge in [0.05, 0.1) is 38.6 Å². The Hall–Kier alpha value is -3.29. The summed E-state index contributed by atoms with van der Waals surface area (Å²) in [5.74, 6) is -0.295. The first kappa shape index (κ1) is 77.0. The maximum Gasteiger partial charge on any atom is 0.220 e. The Morgan fingerprint density at radius 2 is 0.814 bits per heavy atom. The smallest absolute Gasteiger partial charge is 0.220 e. The van der Waals surface area contributed by atoms with Gasteiger partial charge in [0, 0.05) is 6.42 Å². The second-order valence-corrected chi connectivity index (χ2v) is 22.8. The maximum atomic E-state index is 13.3. The average Bonchev–Trinajstić information content (AvgIpc) is 3.55. The molecule has 0 aromatic rings. The van der Waals surface area contributed by atoms with Crippen LogP contribution >= 0.6 is 0 Å². The number of hydrogen-bond acceptors (Lipinski definition) is 18. The molecular formula is C67H113NO18. The van der Waals surface area contributed by atoms with Gasteiger partial charge in [0.2, 0.25) is 5.91 Å². The van der Waals surface area contributed by atoms with E-state index in [1.54, 1.807) is 6.08 Å². The topological polar surface area (TPSA) is 307 Å². The Bertz CT molecular complexity index is 1940. The van der Waals surface area contributed by atoms with Crippen molar-refractivity contribution in [2.75, 3.05) is 26.4 Å². The predicted molar refractivity (Wildman–Crippen MR) is 332 cm³/mol. The van der Waals surface area contributed by atoms with Crippen molar-refractivity contribution < 1.29 is 89.4 Å². The number of carbonyl (C=O) groups excluding carboxylic acids is 1. The molecule has 19 nitrogen and oxygen atoms in total. The minimum absolute atomic E-state index is 0.229. The molecule has 3 rings (SSSR count). The number of carbonyl (C=O) groups is 1. The predicted octanol–water partition coefficient (Wildman–Crippen LogP) is 7.32. The van der Waals surface area contributed by atoms with Gasteiger partial charge in [0.1, 0.15) is 73.2 Å². The molecule has 17 atom stereocenters. The quantitative estimate of drug-likeness (QED) is 0.0210. The molecule has 0 radical (unpaired) electrons. The van der Waals surface area contributed by atoms with Gasteiger partial charge < -0.3 is 89.9 Å². The van der Waals surface area contributed by atoms with E-state index >= 15 is 0 Å². The van der Waals surface area contributed by atoms with E-state index in [0.29, 0.717) is 12.8 Å². The first-order valence-electron chi connectivity index (χ1n) is 32.5. The van der Waals surface area contributed by atoms with E-state index in [1.165, 1.54) is 57.8 Å². The fourth-order valence-electron chi connectivity index (χ4n) is 10.3. The summed E-state index contributed by atoms with van der Waals surface area (Å²) in [5, 5.41) is 120. The van der Waals surface area contributed by atoms with Crippen LogP contribution in [0, 0.1) is 0 Å². The summed E-state index contributed by atoms with van der Waals surface area (Å²) in [4.78, 5) is 13.3. The summed E-state index contributed by atoms with van der Waals surface area (Å²) in [5.41, 5.74) is 0. The van der Waals surface area contributed by atoms with Crippen LogP contribution in [0.3, 0.4) is 0 Å². The van der Waals surface area contributed by atoms with E-state index in [2.05, 4.69) is 104 Å². The Labute approximate surface area is 513 Å². The van der Waals surface area contributed by atoms with Gasteiger partial charge >= 0.3 is 0 Å². The lowest BCUT2D eigenvalue weighted by Gasteiger charge is -2.48. The van der Waals surface area contributed by atoms with Gasteiger partial charge in [-0.15, -0.1) is 0 Å². The number of ether oxygens (including phenoxy) is 6. The minimum Gasteiger partial charge on any atom is -0.394 e. The molecule has 1 amide bonds. The lowest BCUT2D eigenvalue weighted by Crippen LogP contribution is -2.66. The highest BCUT2D eigenvalue weighted by molar-refractivity contribution is 5.76. The summed E-state index contributed by atoms with van der Waals surface area (Å²) in [6, 6.07) is -0.992. The summed E-state index contributed by atoms with van der Waals surface area (Å²) >= 11 is 0. The molecule has 0 spiro atoms. The Kier molecular flexibility index (Phi) is 43.4. The molecule has 494 valence electrons. The first-order chi connectivity index (χ1) is 41.8. The highest BCUT2D eigenvalue weighted by atomic mass is 16.8. The van der Waals surface area contributed by atoms with Gasteiger partial charge in [0.15, 0.2) is 18.9 Å². The molecule has 3 heterocycles. The minimum atomic E-state index is -1.98. The third-order valence-corrected chi connectivity index (χ3v) is 15.6. The molecule has 3 aliphatic rings. The fourth-order valence-corrected chi connectivity index (χ4v) is 10.3. The van der Waals surface area contributed by atoms with Crippen LogP contribution in [-0.2, 0) is 33.2 Å². The Morgan fingerprint density at radius 3 is 1.30 bits per heavy atom. The van der Waals surface area contributed by atoms with Crippen molar-refractivity contribution in [2.24, 2.45) is 0 Å². The molecule has 3 saturated heterocycles. The van der Waals surface area contributed by atoms with E-state index < -0.39 is 124 Å². The molecule has 0 aliphatic carbocycles. The van der Waals surface area contributed by atoms with Crippen LogP contribution in [0.15, 0.2) is 97.2 Å². The zero-order valence-electron chi connectivity index (χ0n) is 51.7. The monoisotopic (exact) mass is 1220 g/mol. The molecule has 3 fully saturated rings. The number of aliphatic hydroxyl groups is 11. The van der Waals surface area contributed by atoms with Gasteiger partial charge in [-0.1, -0.05) is 201 Å². The number of aliphatic hydroxyl groups excluding tert-OH is 11. The SMILES string of the molecule is CC/C=C\C/C=C\C/C=C\C/C=C\C/C=C\C/C=C\CCCCCCCCCCCCCCCCC(=O)NC(COC1OC(CO)C(OC2OC(CO)C(OC3OC(CO)C(O)C(O)C3O)C(O)C2O)C(O)C1O)C(O)/C=C/CC/C=C/CCCC. The molecule has 12 N–H and O–H groups in total. The van der Waals surface area contributed by atoms with Crippen molar-refractivity contribution in [3.8, 4) is 0 Å². The number of allylic oxidation sites excluding steroid dienone is 15. The first-order valence-corrected chi connectivity index (χ1v) is 32.5. The summed E-state index contributed by atoms with van der Waals surface area (Å²) < 4.78 is 34.2. The van der Waals surface area contributed by atoms with Crippen LogP contribution in [-0.4, -0.2) is 193 Å². The average molecular weight is 1220 g/mol. The zero-order chi connectivity index (χ0) is 62.6. The van der Waals surface area contributed by atoms with E-state index in [4.69, 9.17) is 28.4 Å². The van der Waals surface area contributed by atoms with Crippen LogP contribution < -0.4 is 5.32 Å². The van der Waals surface area contributed by atoms with Crippen molar-refractivity contribution in [3.05, 3.63) is 97.2 Å². The van der Waals surface area contributed by atoms with Crippen LogP contribution in [0.2, 0.25) is 0 Å². The molecule has 19 heteroatoms. The maximum absolute atomic E-state index is 13.3. The molecule has 0 saturated carbocycles. The van der Waals surface area contributed by atoms with Crippen LogP contribution in [0.4, 0.5) is 0 Å². The summed E-state index contributed by atoms with van der Waals surface area (Å²) in [6.07, 6.45) is 35.8. The third-order valence-electron chi connectivity index (χ3n) is 15.6. The second kappa shape index (κ2) is 48.5. The summed E-state index contributed by atoms with van der Waals surface area (Å²) in [6.45, 7) is 1.48. The number of rotatable bonds is 47. The van der Waals surface area contributed by atoms with Crippen LogP contribution in [0.1, 0.15) is 187 Å².